The van der Waals surface area contributed by atoms with Gasteiger partial charge in [-0.1, -0.05) is 30.3 Å². The lowest BCUT2D eigenvalue weighted by Gasteiger charge is -2.15. The molecule has 0 bridgehead atoms. The predicted octanol–water partition coefficient (Wildman–Crippen LogP) is 2.15. The van der Waals surface area contributed by atoms with Crippen LogP contribution in [0.4, 0.5) is 0 Å². The third-order valence-electron chi connectivity index (χ3n) is 2.93. The molecule has 0 N–H and O–H groups in total. The molecule has 1 atom stereocenters. The lowest BCUT2D eigenvalue weighted by molar-refractivity contribution is -0.127. The number of aryl methyl sites for hydroxylation is 1. The fraction of sp³-hybridized carbons (Fsp3) is 0.462. The zero-order valence-corrected chi connectivity index (χ0v) is 10.2. The molecule has 1 amide bonds. The number of rotatable bonds is 4. The molecular weight excluding hydrogens is 218 g/mol. The predicted molar refractivity (Wildman–Crippen MR) is 68.7 cm³/mol. The van der Waals surface area contributed by atoms with Crippen molar-refractivity contribution in [1.82, 2.24) is 4.90 Å². The van der Waals surface area contributed by atoms with Gasteiger partial charge in [0.1, 0.15) is 0 Å². The highest BCUT2D eigenvalue weighted by molar-refractivity contribution is 7.81. The molecule has 0 spiro atoms. The molecule has 1 saturated heterocycles. The van der Waals surface area contributed by atoms with E-state index in [1.54, 1.807) is 0 Å². The van der Waals surface area contributed by atoms with Crippen LogP contribution in [-0.4, -0.2) is 29.1 Å². The molecule has 2 nitrogen and oxygen atoms in total. The Morgan fingerprint density at radius 1 is 1.31 bits per heavy atom. The zero-order valence-electron chi connectivity index (χ0n) is 9.30. The summed E-state index contributed by atoms with van der Waals surface area (Å²) in [6.45, 7) is 1.68. The molecule has 3 heteroatoms. The third kappa shape index (κ3) is 3.01. The van der Waals surface area contributed by atoms with Gasteiger partial charge in [-0.2, -0.15) is 12.6 Å². The van der Waals surface area contributed by atoms with E-state index in [-0.39, 0.29) is 11.2 Å². The molecule has 1 heterocycles. The van der Waals surface area contributed by atoms with E-state index < -0.39 is 0 Å². The van der Waals surface area contributed by atoms with Crippen LogP contribution in [0.25, 0.3) is 0 Å². The Labute approximate surface area is 102 Å². The maximum absolute atomic E-state index is 11.5. The molecular formula is C13H17NOS. The maximum Gasteiger partial charge on any atom is 0.223 e. The van der Waals surface area contributed by atoms with Gasteiger partial charge in [-0.15, -0.1) is 0 Å². The molecule has 0 aliphatic carbocycles. The molecule has 0 radical (unpaired) electrons. The Morgan fingerprint density at radius 2 is 2.06 bits per heavy atom. The fourth-order valence-electron chi connectivity index (χ4n) is 2.09. The summed E-state index contributed by atoms with van der Waals surface area (Å²) in [4.78, 5) is 13.4. The van der Waals surface area contributed by atoms with Gasteiger partial charge in [-0.05, 0) is 18.4 Å². The zero-order chi connectivity index (χ0) is 11.4. The topological polar surface area (TPSA) is 20.3 Å². The highest BCUT2D eigenvalue weighted by Crippen LogP contribution is 2.16. The van der Waals surface area contributed by atoms with Gasteiger partial charge in [0.25, 0.3) is 0 Å². The largest absolute Gasteiger partial charge is 0.342 e. The normalized spacial score (nSPS) is 20.4. The van der Waals surface area contributed by atoms with Crippen molar-refractivity contribution in [2.45, 2.75) is 24.5 Å². The lowest BCUT2D eigenvalue weighted by atomic mass is 10.1. The van der Waals surface area contributed by atoms with Gasteiger partial charge in [0, 0.05) is 24.8 Å². The van der Waals surface area contributed by atoms with Crippen molar-refractivity contribution < 1.29 is 4.79 Å². The monoisotopic (exact) mass is 235 g/mol. The van der Waals surface area contributed by atoms with Crippen molar-refractivity contribution in [2.24, 2.45) is 0 Å². The Balaban J connectivity index is 1.74. The van der Waals surface area contributed by atoms with Gasteiger partial charge in [0.15, 0.2) is 0 Å². The summed E-state index contributed by atoms with van der Waals surface area (Å²) < 4.78 is 0. The van der Waals surface area contributed by atoms with Crippen molar-refractivity contribution in [3.8, 4) is 0 Å². The fourth-order valence-corrected chi connectivity index (χ4v) is 2.44. The van der Waals surface area contributed by atoms with E-state index in [0.29, 0.717) is 6.42 Å². The van der Waals surface area contributed by atoms with Crippen LogP contribution < -0.4 is 0 Å². The van der Waals surface area contributed by atoms with Crippen LogP contribution in [0.2, 0.25) is 0 Å². The number of carbonyl (C=O) groups excluding carboxylic acids is 1. The Bertz CT molecular complexity index is 352. The first-order valence-corrected chi connectivity index (χ1v) is 6.27. The van der Waals surface area contributed by atoms with Crippen LogP contribution in [0.3, 0.4) is 0 Å². The summed E-state index contributed by atoms with van der Waals surface area (Å²) in [7, 11) is 0. The Kier molecular flexibility index (Phi) is 3.88. The van der Waals surface area contributed by atoms with Gasteiger partial charge in [-0.3, -0.25) is 4.79 Å². The minimum atomic E-state index is 0.240. The molecule has 16 heavy (non-hydrogen) atoms. The first-order valence-electron chi connectivity index (χ1n) is 5.75. The number of benzene rings is 1. The first kappa shape index (κ1) is 11.5. The molecule has 0 saturated carbocycles. The van der Waals surface area contributed by atoms with Gasteiger partial charge in [0.05, 0.1) is 0 Å². The second-order valence-electron chi connectivity index (χ2n) is 4.29. The molecule has 1 aromatic rings. The van der Waals surface area contributed by atoms with Crippen LogP contribution in [0.15, 0.2) is 30.3 Å². The molecule has 1 fully saturated rings. The average Bonchev–Trinajstić information content (AvgIpc) is 2.59. The van der Waals surface area contributed by atoms with E-state index in [9.17, 15) is 4.79 Å². The Morgan fingerprint density at radius 3 is 2.69 bits per heavy atom. The molecule has 1 aromatic carbocycles. The number of hydrogen-bond acceptors (Lipinski definition) is 2. The second-order valence-corrected chi connectivity index (χ2v) is 5.02. The summed E-state index contributed by atoms with van der Waals surface area (Å²) in [6.07, 6.45) is 2.69. The number of amides is 1. The number of likely N-dealkylation sites (tertiary alicyclic amines) is 1. The van der Waals surface area contributed by atoms with Crippen LogP contribution in [0.1, 0.15) is 18.4 Å². The highest BCUT2D eigenvalue weighted by atomic mass is 32.1. The number of thiol groups is 1. The quantitative estimate of drug-likeness (QED) is 0.793. The van der Waals surface area contributed by atoms with Crippen molar-refractivity contribution in [3.05, 3.63) is 35.9 Å². The van der Waals surface area contributed by atoms with Crippen LogP contribution >= 0.6 is 12.6 Å². The number of nitrogens with zero attached hydrogens (tertiary/aromatic N) is 1. The van der Waals surface area contributed by atoms with E-state index in [4.69, 9.17) is 0 Å². The summed E-state index contributed by atoms with van der Waals surface area (Å²) in [5.41, 5.74) is 1.34. The Hall–Kier alpha value is -0.960. The highest BCUT2D eigenvalue weighted by Gasteiger charge is 2.26. The summed E-state index contributed by atoms with van der Waals surface area (Å²) in [5, 5.41) is 0.240. The van der Waals surface area contributed by atoms with Crippen LogP contribution in [0.5, 0.6) is 0 Å². The van der Waals surface area contributed by atoms with Crippen molar-refractivity contribution in [3.63, 3.8) is 0 Å². The van der Waals surface area contributed by atoms with E-state index in [1.807, 2.05) is 11.0 Å². The van der Waals surface area contributed by atoms with Crippen molar-refractivity contribution in [1.29, 1.82) is 0 Å². The summed E-state index contributed by atoms with van der Waals surface area (Å²) >= 11 is 4.34. The van der Waals surface area contributed by atoms with Gasteiger partial charge < -0.3 is 4.90 Å². The number of carbonyl (C=O) groups is 1. The standard InChI is InChI=1S/C13H17NOS/c15-13-9-12(16)10-14(13)8-4-7-11-5-2-1-3-6-11/h1-3,5-6,12,16H,4,7-10H2. The summed E-state index contributed by atoms with van der Waals surface area (Å²) in [6, 6.07) is 10.4. The molecule has 1 unspecified atom stereocenters. The average molecular weight is 235 g/mol. The van der Waals surface area contributed by atoms with Crippen LogP contribution in [-0.2, 0) is 11.2 Å². The number of hydrogen-bond donors (Lipinski definition) is 1. The smallest absolute Gasteiger partial charge is 0.223 e. The lowest BCUT2D eigenvalue weighted by Crippen LogP contribution is -2.26. The summed E-state index contributed by atoms with van der Waals surface area (Å²) in [5.74, 6) is 0.257. The minimum Gasteiger partial charge on any atom is -0.342 e. The maximum atomic E-state index is 11.5. The van der Waals surface area contributed by atoms with Gasteiger partial charge in [0.2, 0.25) is 5.91 Å². The van der Waals surface area contributed by atoms with Crippen molar-refractivity contribution >= 4 is 18.5 Å². The van der Waals surface area contributed by atoms with E-state index in [2.05, 4.69) is 36.9 Å². The second kappa shape index (κ2) is 5.39. The molecule has 1 aliphatic heterocycles. The third-order valence-corrected chi connectivity index (χ3v) is 3.28. The van der Waals surface area contributed by atoms with Crippen molar-refractivity contribution in [2.75, 3.05) is 13.1 Å². The van der Waals surface area contributed by atoms with E-state index in [0.717, 1.165) is 25.9 Å². The molecule has 2 rings (SSSR count). The van der Waals surface area contributed by atoms with Crippen LogP contribution in [0, 0.1) is 0 Å². The SMILES string of the molecule is O=C1CC(S)CN1CCCc1ccccc1. The molecule has 0 aromatic heterocycles. The minimum absolute atomic E-state index is 0.240. The van der Waals surface area contributed by atoms with E-state index >= 15 is 0 Å². The van der Waals surface area contributed by atoms with E-state index in [1.165, 1.54) is 5.56 Å². The molecule has 86 valence electrons. The molecule has 1 aliphatic rings. The first-order chi connectivity index (χ1) is 7.75. The van der Waals surface area contributed by atoms with Gasteiger partial charge >= 0.3 is 0 Å². The van der Waals surface area contributed by atoms with Gasteiger partial charge in [-0.25, -0.2) is 0 Å².